The van der Waals surface area contributed by atoms with Gasteiger partial charge in [-0.2, -0.15) is 13.2 Å². The second kappa shape index (κ2) is 24.7. The zero-order valence-corrected chi connectivity index (χ0v) is 51.0. The van der Waals surface area contributed by atoms with E-state index in [1.807, 2.05) is 47.2 Å². The van der Waals surface area contributed by atoms with Crippen molar-refractivity contribution in [3.63, 3.8) is 0 Å². The molecule has 6 heterocycles. The Morgan fingerprint density at radius 1 is 0.816 bits per heavy atom. The van der Waals surface area contributed by atoms with Crippen LogP contribution in [0, 0.1) is 11.2 Å². The van der Waals surface area contributed by atoms with Crippen LogP contribution < -0.4 is 20.3 Å². The quantitative estimate of drug-likeness (QED) is 0.0401. The van der Waals surface area contributed by atoms with Gasteiger partial charge in [0, 0.05) is 116 Å². The first-order valence-electron chi connectivity index (χ1n) is 28.8. The van der Waals surface area contributed by atoms with Crippen molar-refractivity contribution in [3.8, 4) is 0 Å². The molecule has 87 heavy (non-hydrogen) atoms. The highest BCUT2D eigenvalue weighted by Gasteiger charge is 2.50. The van der Waals surface area contributed by atoms with Gasteiger partial charge < -0.3 is 15.1 Å². The average molecular weight is 1270 g/mol. The Balaban J connectivity index is 0.733. The van der Waals surface area contributed by atoms with Crippen molar-refractivity contribution in [1.29, 1.82) is 0 Å². The molecule has 0 spiro atoms. The van der Waals surface area contributed by atoms with Crippen LogP contribution in [0.2, 0.25) is 5.02 Å². The third-order valence-electron chi connectivity index (χ3n) is 17.5. The van der Waals surface area contributed by atoms with Crippen molar-refractivity contribution in [2.45, 2.75) is 110 Å². The monoisotopic (exact) mass is 1270 g/mol. The molecule has 3 N–H and O–H groups in total. The van der Waals surface area contributed by atoms with Crippen LogP contribution in [0.1, 0.15) is 101 Å². The number of carbonyl (C=O) groups excluding carboxylic acids is 5. The third kappa shape index (κ3) is 13.4. The van der Waals surface area contributed by atoms with Crippen LogP contribution in [0.25, 0.3) is 5.57 Å². The van der Waals surface area contributed by atoms with Crippen LogP contribution >= 0.6 is 23.4 Å². The van der Waals surface area contributed by atoms with Crippen LogP contribution in [-0.4, -0.2) is 154 Å². The van der Waals surface area contributed by atoms with Crippen molar-refractivity contribution in [1.82, 2.24) is 29.6 Å². The Kier molecular flexibility index (Phi) is 17.6. The number of halogens is 5. The smallest absolute Gasteiger partial charge is 0.380 e. The van der Waals surface area contributed by atoms with E-state index >= 15 is 4.39 Å². The molecule has 25 heteroatoms. The molecule has 7 aliphatic rings. The summed E-state index contributed by atoms with van der Waals surface area (Å²) in [6.45, 7) is 9.96. The summed E-state index contributed by atoms with van der Waals surface area (Å²) in [5.41, 5.74) is -1.41. The van der Waals surface area contributed by atoms with Gasteiger partial charge in [0.1, 0.15) is 16.8 Å². The van der Waals surface area contributed by atoms with Crippen molar-refractivity contribution in [3.05, 3.63) is 153 Å². The van der Waals surface area contributed by atoms with E-state index in [9.17, 15) is 54.0 Å². The molecule has 0 radical (unpaired) electrons. The molecular weight excluding hydrogens is 1210 g/mol. The third-order valence-corrected chi connectivity index (χ3v) is 21.7. The van der Waals surface area contributed by atoms with E-state index in [1.165, 1.54) is 46.7 Å². The number of anilines is 2. The summed E-state index contributed by atoms with van der Waals surface area (Å²) in [5, 5.41) is 5.84. The van der Waals surface area contributed by atoms with Crippen molar-refractivity contribution in [2.75, 3.05) is 68.3 Å². The number of hydrogen-bond acceptors (Lipinski definition) is 15. The number of nitrogens with one attached hydrogen (secondary N) is 3. The number of carbonyl (C=O) groups is 5. The van der Waals surface area contributed by atoms with E-state index in [0.717, 1.165) is 79.0 Å². The van der Waals surface area contributed by atoms with Gasteiger partial charge in [-0.15, -0.1) is 11.8 Å². The largest absolute Gasteiger partial charge is 0.501 e. The summed E-state index contributed by atoms with van der Waals surface area (Å²) in [5.74, 6) is -4.39. The minimum Gasteiger partial charge on any atom is -0.380 e. The second-order valence-corrected chi connectivity index (χ2v) is 29.1. The Morgan fingerprint density at radius 3 is 2.16 bits per heavy atom. The summed E-state index contributed by atoms with van der Waals surface area (Å²) in [7, 11) is -11.1. The van der Waals surface area contributed by atoms with Gasteiger partial charge in [0.2, 0.25) is 11.8 Å². The predicted octanol–water partition coefficient (Wildman–Crippen LogP) is 9.00. The van der Waals surface area contributed by atoms with Crippen LogP contribution in [-0.2, 0) is 36.0 Å². The molecule has 1 aliphatic carbocycles. The summed E-state index contributed by atoms with van der Waals surface area (Å²) in [6, 6.07) is 26.1. The number of sulfone groups is 1. The Morgan fingerprint density at radius 2 is 1.49 bits per heavy atom. The topological polar surface area (TPSA) is 206 Å². The molecule has 6 aliphatic heterocycles. The number of piperazine rings is 2. The molecule has 12 rings (SSSR count). The molecule has 5 amide bonds. The number of sulfonamides is 1. The zero-order valence-electron chi connectivity index (χ0n) is 47.7. The van der Waals surface area contributed by atoms with Gasteiger partial charge in [-0.25, -0.2) is 25.9 Å². The molecule has 0 saturated carbocycles. The van der Waals surface area contributed by atoms with Gasteiger partial charge >= 0.3 is 5.51 Å². The molecule has 17 nitrogen and oxygen atoms in total. The standard InChI is InChI=1S/C62H65ClF4N8O9S3/c1-61(2)22-20-49(38-8-12-42(63)13-9-38)41(32-61)33-71-24-26-73(27-25-71)44-14-10-39(11-15-44)57(77)70-87(83,84)48-16-17-53(55(30-48)86(81,82)62(65,66)67)68-43(37-85-47-6-4-3-5-7-47)21-23-72-35-45-29-46(36-72)74(45)34-40-28-50-51(31-52(40)64)60(80)75(59(50)79)54-18-19-56(76)69-58(54)78/h3-17,28,30-31,43,45-46,54,68H,18-27,29,32-37H2,1-2H3,(H,70,77)(H,69,76,78)/t43-,45?,46?,54?/m1/s1. The van der Waals surface area contributed by atoms with E-state index < -0.39 is 88.3 Å². The zero-order chi connectivity index (χ0) is 61.7. The number of alkyl halides is 3. The Labute approximate surface area is 511 Å². The molecule has 5 aromatic rings. The molecule has 0 aromatic heterocycles. The van der Waals surface area contributed by atoms with Gasteiger partial charge in [0.15, 0.2) is 0 Å². The minimum atomic E-state index is -6.19. The normalized spacial score (nSPS) is 21.6. The number of imide groups is 2. The highest BCUT2D eigenvalue weighted by atomic mass is 35.5. The molecule has 4 atom stereocenters. The van der Waals surface area contributed by atoms with Gasteiger partial charge in [0.25, 0.3) is 37.6 Å². The first-order valence-corrected chi connectivity index (χ1v) is 33.2. The second-order valence-electron chi connectivity index (χ2n) is 23.9. The summed E-state index contributed by atoms with van der Waals surface area (Å²) in [4.78, 5) is 72.9. The molecule has 5 fully saturated rings. The number of nitrogens with zero attached hydrogens (tertiary/aromatic N) is 5. The number of fused-ring (bicyclic) bond motifs is 3. The summed E-state index contributed by atoms with van der Waals surface area (Å²) < 4.78 is 116. The lowest BCUT2D eigenvalue weighted by atomic mass is 9.73. The molecular formula is C62H65ClF4N8O9S3. The molecule has 460 valence electrons. The first-order chi connectivity index (χ1) is 41.3. The molecule has 5 saturated heterocycles. The van der Waals surface area contributed by atoms with E-state index in [4.69, 9.17) is 11.6 Å². The fourth-order valence-electron chi connectivity index (χ4n) is 12.7. The number of thioether (sulfide) groups is 1. The van der Waals surface area contributed by atoms with E-state index in [2.05, 4.69) is 56.2 Å². The van der Waals surface area contributed by atoms with E-state index in [-0.39, 0.29) is 64.9 Å². The lowest BCUT2D eigenvalue weighted by molar-refractivity contribution is -0.136. The molecule has 3 unspecified atom stereocenters. The van der Waals surface area contributed by atoms with E-state index in [0.29, 0.717) is 50.2 Å². The van der Waals surface area contributed by atoms with Gasteiger partial charge in [-0.05, 0) is 134 Å². The Hall–Kier alpha value is -6.67. The SMILES string of the molecule is CC1(C)CCC(c2ccc(Cl)cc2)=C(CN2CCN(c3ccc(C(=O)NS(=O)(=O)c4ccc(N[C@H](CCN5CC6CC(C5)N6Cc5cc6c(cc5F)C(=O)N(C5CCC(=O)NC5=O)C6=O)CSc5ccccc5)c(S(=O)(=O)C(F)(F)F)c4)cc3)CC2)C1. The maximum Gasteiger partial charge on any atom is 0.501 e. The molecule has 5 aromatic carbocycles. The number of rotatable bonds is 19. The van der Waals surface area contributed by atoms with Gasteiger partial charge in [0.05, 0.1) is 21.7 Å². The Bertz CT molecular complexity index is 3780. The van der Waals surface area contributed by atoms with Crippen molar-refractivity contribution < 1.29 is 58.4 Å². The highest BCUT2D eigenvalue weighted by molar-refractivity contribution is 7.99. The lowest BCUT2D eigenvalue weighted by Crippen LogP contribution is -2.68. The van der Waals surface area contributed by atoms with Crippen LogP contribution in [0.3, 0.4) is 0 Å². The summed E-state index contributed by atoms with van der Waals surface area (Å²) in [6.07, 6.45) is 4.04. The van der Waals surface area contributed by atoms with Crippen LogP contribution in [0.15, 0.2) is 129 Å². The first kappa shape index (κ1) is 62.0. The maximum absolute atomic E-state index is 15.7. The number of allylic oxidation sites excluding steroid dienone is 1. The number of hydrogen-bond donors (Lipinski definition) is 3. The molecule has 2 bridgehead atoms. The van der Waals surface area contributed by atoms with Crippen LogP contribution in [0.5, 0.6) is 0 Å². The van der Waals surface area contributed by atoms with E-state index in [1.54, 1.807) is 12.1 Å². The fraction of sp³-hybridized carbons (Fsp3) is 0.403. The minimum absolute atomic E-state index is 0.0367. The highest BCUT2D eigenvalue weighted by Crippen LogP contribution is 2.44. The lowest BCUT2D eigenvalue weighted by Gasteiger charge is -2.56. The fourth-order valence-corrected chi connectivity index (χ4v) is 15.9. The summed E-state index contributed by atoms with van der Waals surface area (Å²) >= 11 is 7.59. The van der Waals surface area contributed by atoms with Crippen molar-refractivity contribution >= 4 is 89.7 Å². The maximum atomic E-state index is 15.7. The number of piperidine rings is 2. The average Bonchev–Trinajstić information content (AvgIpc) is 1.84. The number of amides is 5. The predicted molar refractivity (Wildman–Crippen MR) is 322 cm³/mol. The van der Waals surface area contributed by atoms with Gasteiger partial charge in [-0.3, -0.25) is 44.0 Å². The van der Waals surface area contributed by atoms with Gasteiger partial charge in [-0.1, -0.05) is 61.4 Å². The van der Waals surface area contributed by atoms with Crippen molar-refractivity contribution in [2.24, 2.45) is 5.41 Å². The number of benzene rings is 5. The van der Waals surface area contributed by atoms with Crippen LogP contribution in [0.4, 0.5) is 28.9 Å².